The van der Waals surface area contributed by atoms with E-state index in [0.717, 1.165) is 11.1 Å². The van der Waals surface area contributed by atoms with E-state index in [4.69, 9.17) is 18.7 Å². The van der Waals surface area contributed by atoms with Gasteiger partial charge in [0.2, 0.25) is 16.9 Å². The number of aromatic amines is 1. The molecule has 0 radical (unpaired) electrons. The lowest BCUT2D eigenvalue weighted by atomic mass is 10.1. The summed E-state index contributed by atoms with van der Waals surface area (Å²) in [5.41, 5.74) is 2.08. The third-order valence-electron chi connectivity index (χ3n) is 5.20. The van der Waals surface area contributed by atoms with Crippen LogP contribution < -0.4 is 19.8 Å². The van der Waals surface area contributed by atoms with E-state index in [2.05, 4.69) is 25.4 Å². The number of benzene rings is 2. The maximum absolute atomic E-state index is 12.4. The molecule has 12 heteroatoms. The smallest absolute Gasteiger partial charge is 0.290 e. The van der Waals surface area contributed by atoms with Crippen molar-refractivity contribution in [2.24, 2.45) is 0 Å². The van der Waals surface area contributed by atoms with Gasteiger partial charge >= 0.3 is 0 Å². The van der Waals surface area contributed by atoms with Gasteiger partial charge in [-0.1, -0.05) is 29.1 Å². The molecule has 178 valence electrons. The molecule has 0 aliphatic heterocycles. The van der Waals surface area contributed by atoms with Crippen molar-refractivity contribution in [2.75, 3.05) is 21.3 Å². The van der Waals surface area contributed by atoms with Gasteiger partial charge in [0.15, 0.2) is 11.5 Å². The van der Waals surface area contributed by atoms with Gasteiger partial charge in [0.25, 0.3) is 5.56 Å². The van der Waals surface area contributed by atoms with Gasteiger partial charge in [0.05, 0.1) is 38.3 Å². The Kier molecular flexibility index (Phi) is 6.10. The molecule has 3 heterocycles. The summed E-state index contributed by atoms with van der Waals surface area (Å²) in [5.74, 6) is 2.95. The van der Waals surface area contributed by atoms with Crippen LogP contribution in [-0.2, 0) is 5.75 Å². The highest BCUT2D eigenvalue weighted by Crippen LogP contribution is 2.33. The maximum Gasteiger partial charge on any atom is 0.290 e. The van der Waals surface area contributed by atoms with Gasteiger partial charge in [-0.3, -0.25) is 4.79 Å². The van der Waals surface area contributed by atoms with E-state index in [9.17, 15) is 4.79 Å². The molecule has 0 saturated heterocycles. The molecule has 3 aromatic heterocycles. The number of nitrogens with zero attached hydrogens (tertiary/aromatic N) is 5. The first-order valence-electron chi connectivity index (χ1n) is 10.4. The monoisotopic (exact) mass is 492 g/mol. The van der Waals surface area contributed by atoms with Crippen molar-refractivity contribution in [2.45, 2.75) is 10.9 Å². The molecule has 5 rings (SSSR count). The molecule has 0 spiro atoms. The van der Waals surface area contributed by atoms with Crippen molar-refractivity contribution in [3.05, 3.63) is 64.8 Å². The number of hydrogen-bond donors (Lipinski definition) is 1. The molecule has 35 heavy (non-hydrogen) atoms. The molecule has 0 aliphatic rings. The highest BCUT2D eigenvalue weighted by atomic mass is 32.2. The lowest BCUT2D eigenvalue weighted by molar-refractivity contribution is 0.355. The lowest BCUT2D eigenvalue weighted by Gasteiger charge is -2.08. The molecule has 0 atom stereocenters. The Morgan fingerprint density at radius 3 is 2.60 bits per heavy atom. The van der Waals surface area contributed by atoms with Crippen LogP contribution in [0.4, 0.5) is 0 Å². The fraction of sp³-hybridized carbons (Fsp3) is 0.174. The minimum atomic E-state index is -0.357. The maximum atomic E-state index is 12.4. The number of methoxy groups -OCH3 is 3. The van der Waals surface area contributed by atoms with Gasteiger partial charge in [-0.2, -0.15) is 10.1 Å². The van der Waals surface area contributed by atoms with Crippen molar-refractivity contribution in [3.8, 4) is 39.9 Å². The van der Waals surface area contributed by atoms with Crippen molar-refractivity contribution in [1.29, 1.82) is 0 Å². The molecule has 0 fully saturated rings. The number of fused-ring (bicyclic) bond motifs is 1. The molecule has 5 aromatic rings. The van der Waals surface area contributed by atoms with Crippen LogP contribution in [-0.4, -0.2) is 51.3 Å². The molecule has 0 aliphatic carbocycles. The van der Waals surface area contributed by atoms with Crippen LogP contribution in [0.15, 0.2) is 63.0 Å². The zero-order valence-electron chi connectivity index (χ0n) is 19.0. The van der Waals surface area contributed by atoms with Crippen LogP contribution in [0.25, 0.3) is 28.2 Å². The zero-order valence-corrected chi connectivity index (χ0v) is 19.8. The van der Waals surface area contributed by atoms with E-state index in [0.29, 0.717) is 51.1 Å². The summed E-state index contributed by atoms with van der Waals surface area (Å²) < 4.78 is 22.9. The molecular weight excluding hydrogens is 472 g/mol. The summed E-state index contributed by atoms with van der Waals surface area (Å²) in [6.45, 7) is 0. The van der Waals surface area contributed by atoms with Crippen LogP contribution in [0.2, 0.25) is 0 Å². The van der Waals surface area contributed by atoms with Crippen LogP contribution in [0.3, 0.4) is 0 Å². The van der Waals surface area contributed by atoms with Crippen molar-refractivity contribution < 1.29 is 18.7 Å². The molecule has 0 unspecified atom stereocenters. The van der Waals surface area contributed by atoms with Crippen molar-refractivity contribution >= 4 is 17.3 Å². The Morgan fingerprint density at radius 1 is 1.00 bits per heavy atom. The molecular formula is C23H20N6O5S. The molecule has 2 aromatic carbocycles. The highest BCUT2D eigenvalue weighted by molar-refractivity contribution is 7.98. The quantitative estimate of drug-likeness (QED) is 0.321. The Hall–Kier alpha value is -4.32. The van der Waals surface area contributed by atoms with Gasteiger partial charge in [0, 0.05) is 5.56 Å². The average molecular weight is 493 g/mol. The summed E-state index contributed by atoms with van der Waals surface area (Å²) in [7, 11) is 4.72. The van der Waals surface area contributed by atoms with E-state index in [1.807, 2.05) is 30.3 Å². The summed E-state index contributed by atoms with van der Waals surface area (Å²) in [5, 5.41) is 15.8. The number of thioether (sulfide) groups is 1. The molecule has 0 bridgehead atoms. The lowest BCUT2D eigenvalue weighted by Crippen LogP contribution is -2.13. The average Bonchev–Trinajstić information content (AvgIpc) is 3.56. The number of rotatable bonds is 8. The zero-order chi connectivity index (χ0) is 24.4. The standard InChI is InChI=1S/C23H20N6O5S/c1-31-17-7-5-4-6-14(17)21-24-20(34-28-21)12-35-23-26-25-22(30)16-11-15(27-29(16)23)13-8-9-18(32-2)19(10-13)33-3/h4-11H,12H2,1-3H3,(H,25,30). The number of para-hydroxylation sites is 1. The highest BCUT2D eigenvalue weighted by Gasteiger charge is 2.17. The summed E-state index contributed by atoms with van der Waals surface area (Å²) >= 11 is 1.30. The van der Waals surface area contributed by atoms with Gasteiger partial charge in [-0.25, -0.2) is 9.61 Å². The minimum absolute atomic E-state index is 0.321. The van der Waals surface area contributed by atoms with E-state index in [1.54, 1.807) is 39.5 Å². The van der Waals surface area contributed by atoms with Crippen LogP contribution >= 0.6 is 11.8 Å². The van der Waals surface area contributed by atoms with E-state index in [-0.39, 0.29) is 5.56 Å². The second-order valence-corrected chi connectivity index (χ2v) is 8.17. The first kappa shape index (κ1) is 22.5. The van der Waals surface area contributed by atoms with Gasteiger partial charge < -0.3 is 18.7 Å². The largest absolute Gasteiger partial charge is 0.496 e. The SMILES string of the molecule is COc1ccc(-c2cc3c(=O)[nH]nc(SCc4nc(-c5ccccc5OC)no4)n3n2)cc1OC. The van der Waals surface area contributed by atoms with E-state index < -0.39 is 0 Å². The number of H-pyrrole nitrogens is 1. The normalized spacial score (nSPS) is 11.1. The van der Waals surface area contributed by atoms with Crippen LogP contribution in [0, 0.1) is 0 Å². The number of nitrogens with one attached hydrogen (secondary N) is 1. The first-order chi connectivity index (χ1) is 17.1. The second-order valence-electron chi connectivity index (χ2n) is 7.23. The summed E-state index contributed by atoms with van der Waals surface area (Å²) in [4.78, 5) is 16.9. The topological polar surface area (TPSA) is 130 Å². The first-order valence-corrected chi connectivity index (χ1v) is 11.4. The van der Waals surface area contributed by atoms with Gasteiger partial charge in [0.1, 0.15) is 11.3 Å². The van der Waals surface area contributed by atoms with Gasteiger partial charge in [-0.15, -0.1) is 5.10 Å². The van der Waals surface area contributed by atoms with Crippen LogP contribution in [0.1, 0.15) is 5.89 Å². The van der Waals surface area contributed by atoms with E-state index in [1.165, 1.54) is 16.3 Å². The summed E-state index contributed by atoms with van der Waals surface area (Å²) in [6, 6.07) is 14.5. The van der Waals surface area contributed by atoms with Crippen molar-refractivity contribution in [1.82, 2.24) is 30.0 Å². The number of hydrogen-bond acceptors (Lipinski definition) is 10. The third-order valence-corrected chi connectivity index (χ3v) is 6.11. The summed E-state index contributed by atoms with van der Waals surface area (Å²) in [6.07, 6.45) is 0. The molecule has 11 nitrogen and oxygen atoms in total. The fourth-order valence-electron chi connectivity index (χ4n) is 3.50. The van der Waals surface area contributed by atoms with Gasteiger partial charge in [-0.05, 0) is 36.4 Å². The Bertz CT molecular complexity index is 1560. The molecule has 0 saturated carbocycles. The molecule has 0 amide bonds. The third kappa shape index (κ3) is 4.30. The van der Waals surface area contributed by atoms with Crippen molar-refractivity contribution in [3.63, 3.8) is 0 Å². The van der Waals surface area contributed by atoms with E-state index >= 15 is 0 Å². The Labute approximate surface area is 203 Å². The fourth-order valence-corrected chi connectivity index (χ4v) is 4.24. The number of ether oxygens (including phenoxy) is 3. The molecule has 1 N–H and O–H groups in total. The Morgan fingerprint density at radius 2 is 1.80 bits per heavy atom. The minimum Gasteiger partial charge on any atom is -0.496 e. The second kappa shape index (κ2) is 9.50. The predicted molar refractivity (Wildman–Crippen MR) is 128 cm³/mol. The predicted octanol–water partition coefficient (Wildman–Crippen LogP) is 3.45. The Balaban J connectivity index is 1.42. The number of aromatic nitrogens is 6. The van der Waals surface area contributed by atoms with Crippen LogP contribution in [0.5, 0.6) is 17.2 Å².